The molecule has 0 spiro atoms. The highest BCUT2D eigenvalue weighted by Gasteiger charge is 2.24. The molecule has 74 valence electrons. The molecule has 1 heterocycles. The van der Waals surface area contributed by atoms with Crippen LogP contribution in [-0.4, -0.2) is 9.55 Å². The molecule has 1 aliphatic rings. The van der Waals surface area contributed by atoms with E-state index in [1.807, 2.05) is 12.5 Å². The fraction of sp³-hybridized carbons (Fsp3) is 0.636. The van der Waals surface area contributed by atoms with Crippen LogP contribution >= 0.6 is 0 Å². The van der Waals surface area contributed by atoms with Crippen molar-refractivity contribution in [2.45, 2.75) is 38.1 Å². The first-order chi connectivity index (χ1) is 6.92. The molecule has 1 aliphatic carbocycles. The molecule has 1 fully saturated rings. The van der Waals surface area contributed by atoms with E-state index in [9.17, 15) is 0 Å². The average molecular weight is 189 g/mol. The Morgan fingerprint density at radius 1 is 1.29 bits per heavy atom. The summed E-state index contributed by atoms with van der Waals surface area (Å²) in [6.45, 7) is 0. The minimum atomic E-state index is 0.173. The Morgan fingerprint density at radius 3 is 2.86 bits per heavy atom. The lowest BCUT2D eigenvalue weighted by atomic mass is 9.96. The Labute approximate surface area is 84.4 Å². The number of imidazole rings is 1. The molecule has 1 aromatic rings. The minimum Gasteiger partial charge on any atom is -0.333 e. The maximum atomic E-state index is 9.10. The van der Waals surface area contributed by atoms with E-state index >= 15 is 0 Å². The van der Waals surface area contributed by atoms with Gasteiger partial charge in [-0.05, 0) is 12.8 Å². The molecule has 0 amide bonds. The number of nitriles is 1. The molecule has 0 aliphatic heterocycles. The van der Waals surface area contributed by atoms with Crippen molar-refractivity contribution >= 4 is 0 Å². The van der Waals surface area contributed by atoms with Crippen molar-refractivity contribution in [2.75, 3.05) is 0 Å². The molecule has 1 saturated carbocycles. The third kappa shape index (κ3) is 1.79. The van der Waals surface area contributed by atoms with Gasteiger partial charge in [-0.15, -0.1) is 0 Å². The van der Waals surface area contributed by atoms with Crippen LogP contribution in [0.15, 0.2) is 18.7 Å². The van der Waals surface area contributed by atoms with Gasteiger partial charge in [-0.3, -0.25) is 0 Å². The average Bonchev–Trinajstić information content (AvgIpc) is 2.63. The molecule has 1 aromatic heterocycles. The first-order valence-electron chi connectivity index (χ1n) is 5.29. The van der Waals surface area contributed by atoms with E-state index < -0.39 is 0 Å². The van der Waals surface area contributed by atoms with Crippen LogP contribution < -0.4 is 0 Å². The zero-order valence-corrected chi connectivity index (χ0v) is 8.26. The van der Waals surface area contributed by atoms with Crippen LogP contribution in [0.25, 0.3) is 0 Å². The summed E-state index contributed by atoms with van der Waals surface area (Å²) >= 11 is 0. The molecular formula is C11H15N3. The van der Waals surface area contributed by atoms with Gasteiger partial charge in [0.15, 0.2) is 0 Å². The van der Waals surface area contributed by atoms with Crippen LogP contribution in [0.4, 0.5) is 0 Å². The molecule has 2 unspecified atom stereocenters. The first-order valence-corrected chi connectivity index (χ1v) is 5.29. The smallest absolute Gasteiger partial charge is 0.0948 e. The highest BCUT2D eigenvalue weighted by atomic mass is 15.1. The third-order valence-electron chi connectivity index (χ3n) is 3.05. The topological polar surface area (TPSA) is 41.6 Å². The molecule has 2 atom stereocenters. The van der Waals surface area contributed by atoms with Gasteiger partial charge in [-0.2, -0.15) is 5.26 Å². The van der Waals surface area contributed by atoms with Crippen molar-refractivity contribution < 1.29 is 0 Å². The molecular weight excluding hydrogens is 174 g/mol. The number of nitrogens with zero attached hydrogens (tertiary/aromatic N) is 3. The molecule has 0 bridgehead atoms. The molecule has 2 rings (SSSR count). The largest absolute Gasteiger partial charge is 0.333 e. The Hall–Kier alpha value is -1.30. The van der Waals surface area contributed by atoms with Crippen LogP contribution in [0.2, 0.25) is 0 Å². The molecule has 0 aromatic carbocycles. The predicted molar refractivity (Wildman–Crippen MR) is 53.5 cm³/mol. The maximum absolute atomic E-state index is 9.10. The molecule has 0 N–H and O–H groups in total. The van der Waals surface area contributed by atoms with E-state index in [1.54, 1.807) is 6.20 Å². The lowest BCUT2D eigenvalue weighted by molar-refractivity contribution is 0.372. The first kappa shape index (κ1) is 9.26. The summed E-state index contributed by atoms with van der Waals surface area (Å²) in [7, 11) is 0. The van der Waals surface area contributed by atoms with Gasteiger partial charge in [0.25, 0.3) is 0 Å². The second-order valence-electron chi connectivity index (χ2n) is 3.95. The highest BCUT2D eigenvalue weighted by Crippen LogP contribution is 2.31. The molecule has 14 heavy (non-hydrogen) atoms. The molecule has 3 heteroatoms. The van der Waals surface area contributed by atoms with Crippen molar-refractivity contribution in [3.63, 3.8) is 0 Å². The second-order valence-corrected chi connectivity index (χ2v) is 3.95. The van der Waals surface area contributed by atoms with Crippen molar-refractivity contribution in [2.24, 2.45) is 5.92 Å². The Bertz CT molecular complexity index is 310. The summed E-state index contributed by atoms with van der Waals surface area (Å²) in [4.78, 5) is 4.05. The van der Waals surface area contributed by atoms with E-state index in [-0.39, 0.29) is 5.92 Å². The summed E-state index contributed by atoms with van der Waals surface area (Å²) < 4.78 is 2.10. The van der Waals surface area contributed by atoms with Crippen LogP contribution in [0.1, 0.15) is 38.1 Å². The van der Waals surface area contributed by atoms with Gasteiger partial charge in [0, 0.05) is 12.4 Å². The van der Waals surface area contributed by atoms with Gasteiger partial charge >= 0.3 is 0 Å². The van der Waals surface area contributed by atoms with Crippen LogP contribution in [0.3, 0.4) is 0 Å². The lowest BCUT2D eigenvalue weighted by Crippen LogP contribution is -2.15. The van der Waals surface area contributed by atoms with Crippen molar-refractivity contribution in [1.82, 2.24) is 9.55 Å². The van der Waals surface area contributed by atoms with Crippen LogP contribution in [0, 0.1) is 17.2 Å². The van der Waals surface area contributed by atoms with E-state index in [2.05, 4.69) is 15.6 Å². The number of hydrogen-bond donors (Lipinski definition) is 0. The van der Waals surface area contributed by atoms with Crippen LogP contribution in [-0.2, 0) is 0 Å². The highest BCUT2D eigenvalue weighted by molar-refractivity contribution is 4.95. The van der Waals surface area contributed by atoms with Gasteiger partial charge < -0.3 is 4.57 Å². The summed E-state index contributed by atoms with van der Waals surface area (Å²) in [6.07, 6.45) is 11.5. The van der Waals surface area contributed by atoms with Gasteiger partial charge in [0.2, 0.25) is 0 Å². The van der Waals surface area contributed by atoms with E-state index in [4.69, 9.17) is 5.26 Å². The second kappa shape index (κ2) is 4.28. The molecule has 0 radical (unpaired) electrons. The number of rotatable bonds is 1. The van der Waals surface area contributed by atoms with Crippen molar-refractivity contribution in [3.05, 3.63) is 18.7 Å². The fourth-order valence-electron chi connectivity index (χ4n) is 2.26. The minimum absolute atomic E-state index is 0.173. The quantitative estimate of drug-likeness (QED) is 0.637. The standard InChI is InChI=1S/C11H15N3/c12-8-10-4-2-1-3-5-11(10)14-7-6-13-9-14/h6-7,9-11H,1-5H2. The zero-order valence-electron chi connectivity index (χ0n) is 8.26. The zero-order chi connectivity index (χ0) is 9.80. The Balaban J connectivity index is 2.18. The predicted octanol–water partition coefficient (Wildman–Crippen LogP) is 2.53. The summed E-state index contributed by atoms with van der Waals surface area (Å²) in [5.41, 5.74) is 0. The lowest BCUT2D eigenvalue weighted by Gasteiger charge is -2.20. The van der Waals surface area contributed by atoms with Gasteiger partial charge in [0.1, 0.15) is 0 Å². The summed E-state index contributed by atoms with van der Waals surface area (Å²) in [6, 6.07) is 2.79. The molecule has 3 nitrogen and oxygen atoms in total. The van der Waals surface area contributed by atoms with Crippen LogP contribution in [0.5, 0.6) is 0 Å². The van der Waals surface area contributed by atoms with E-state index in [0.29, 0.717) is 6.04 Å². The van der Waals surface area contributed by atoms with Gasteiger partial charge in [0.05, 0.1) is 24.4 Å². The van der Waals surface area contributed by atoms with Gasteiger partial charge in [-0.25, -0.2) is 4.98 Å². The van der Waals surface area contributed by atoms with Gasteiger partial charge in [-0.1, -0.05) is 19.3 Å². The molecule has 0 saturated heterocycles. The Morgan fingerprint density at radius 2 is 2.14 bits per heavy atom. The monoisotopic (exact) mass is 189 g/mol. The third-order valence-corrected chi connectivity index (χ3v) is 3.05. The number of hydrogen-bond acceptors (Lipinski definition) is 2. The number of aromatic nitrogens is 2. The van der Waals surface area contributed by atoms with E-state index in [1.165, 1.54) is 19.3 Å². The maximum Gasteiger partial charge on any atom is 0.0948 e. The van der Waals surface area contributed by atoms with Crippen molar-refractivity contribution in [1.29, 1.82) is 5.26 Å². The van der Waals surface area contributed by atoms with Crippen molar-refractivity contribution in [3.8, 4) is 6.07 Å². The van der Waals surface area contributed by atoms with E-state index in [0.717, 1.165) is 12.8 Å². The Kier molecular flexibility index (Phi) is 2.83. The normalized spacial score (nSPS) is 27.9. The SMILES string of the molecule is N#CC1CCCCCC1n1ccnc1. The summed E-state index contributed by atoms with van der Waals surface area (Å²) in [5, 5.41) is 9.10. The summed E-state index contributed by atoms with van der Waals surface area (Å²) in [5.74, 6) is 0.173. The fourth-order valence-corrected chi connectivity index (χ4v) is 2.26.